The molecule has 0 aromatic heterocycles. The van der Waals surface area contributed by atoms with E-state index in [1.165, 1.54) is 17.0 Å². The molecule has 196 valence electrons. The number of nitrogens with zero attached hydrogens (tertiary/aromatic N) is 2. The second kappa shape index (κ2) is 12.3. The molecule has 3 aromatic rings. The number of likely N-dealkylation sites (N-methyl/N-ethyl adjacent to an activating group) is 1. The molecule has 0 aliphatic carbocycles. The Bertz CT molecular complexity index is 1340. The first kappa shape index (κ1) is 28.2. The molecule has 0 heterocycles. The van der Waals surface area contributed by atoms with E-state index >= 15 is 0 Å². The SMILES string of the molecule is CCNC(=O)[C@@H](C)N(Cc1ccc(C)cc1)C(=O)CN(c1ccccc1Cl)S(=O)(=O)c1ccc(C)cc1. The largest absolute Gasteiger partial charge is 0.355 e. The highest BCUT2D eigenvalue weighted by Crippen LogP contribution is 2.30. The number of hydrogen-bond donors (Lipinski definition) is 1. The summed E-state index contributed by atoms with van der Waals surface area (Å²) in [7, 11) is -4.16. The van der Waals surface area contributed by atoms with Gasteiger partial charge in [0.25, 0.3) is 10.0 Å². The maximum atomic E-state index is 13.8. The van der Waals surface area contributed by atoms with Gasteiger partial charge in [0.2, 0.25) is 11.8 Å². The van der Waals surface area contributed by atoms with E-state index in [-0.39, 0.29) is 28.1 Å². The molecule has 0 bridgehead atoms. The highest BCUT2D eigenvalue weighted by Gasteiger charge is 2.33. The van der Waals surface area contributed by atoms with Crippen molar-refractivity contribution in [2.24, 2.45) is 0 Å². The van der Waals surface area contributed by atoms with Crippen LogP contribution >= 0.6 is 11.6 Å². The highest BCUT2D eigenvalue weighted by atomic mass is 35.5. The van der Waals surface area contributed by atoms with Gasteiger partial charge in [-0.1, -0.05) is 71.3 Å². The zero-order chi connectivity index (χ0) is 27.2. The third kappa shape index (κ3) is 6.90. The number of benzene rings is 3. The molecule has 0 saturated heterocycles. The first-order valence-electron chi connectivity index (χ1n) is 12.0. The number of carbonyl (C=O) groups is 2. The van der Waals surface area contributed by atoms with Gasteiger partial charge in [-0.15, -0.1) is 0 Å². The summed E-state index contributed by atoms with van der Waals surface area (Å²) >= 11 is 6.40. The molecular weight excluding hydrogens is 510 g/mol. The van der Waals surface area contributed by atoms with Gasteiger partial charge in [0, 0.05) is 13.1 Å². The standard InChI is InChI=1S/C28H32ClN3O4S/c1-5-30-28(34)22(4)31(18-23-14-10-20(2)11-15-23)27(33)19-32(26-9-7-6-8-25(26)29)37(35,36)24-16-12-21(3)13-17-24/h6-17,22H,5,18-19H2,1-4H3,(H,30,34)/t22-/m1/s1. The molecule has 0 radical (unpaired) electrons. The quantitative estimate of drug-likeness (QED) is 0.403. The van der Waals surface area contributed by atoms with E-state index in [1.54, 1.807) is 50.2 Å². The van der Waals surface area contributed by atoms with Gasteiger partial charge in [0.1, 0.15) is 12.6 Å². The van der Waals surface area contributed by atoms with E-state index < -0.39 is 28.5 Å². The summed E-state index contributed by atoms with van der Waals surface area (Å²) < 4.78 is 28.6. The molecule has 0 fully saturated rings. The first-order chi connectivity index (χ1) is 17.5. The maximum Gasteiger partial charge on any atom is 0.264 e. The van der Waals surface area contributed by atoms with Crippen LogP contribution in [0.1, 0.15) is 30.5 Å². The fourth-order valence-corrected chi connectivity index (χ4v) is 5.52. The van der Waals surface area contributed by atoms with Gasteiger partial charge in [-0.3, -0.25) is 13.9 Å². The van der Waals surface area contributed by atoms with Crippen molar-refractivity contribution in [3.63, 3.8) is 0 Å². The maximum absolute atomic E-state index is 13.8. The molecule has 3 aromatic carbocycles. The van der Waals surface area contributed by atoms with Gasteiger partial charge < -0.3 is 10.2 Å². The zero-order valence-electron chi connectivity index (χ0n) is 21.4. The van der Waals surface area contributed by atoms with E-state index in [4.69, 9.17) is 11.6 Å². The van der Waals surface area contributed by atoms with Gasteiger partial charge in [-0.05, 0) is 57.5 Å². The van der Waals surface area contributed by atoms with Crippen molar-refractivity contribution in [3.05, 3.63) is 94.5 Å². The average molecular weight is 542 g/mol. The van der Waals surface area contributed by atoms with Crippen LogP contribution in [0.2, 0.25) is 5.02 Å². The molecule has 2 amide bonds. The third-order valence-electron chi connectivity index (χ3n) is 6.00. The number of para-hydroxylation sites is 1. The van der Waals surface area contributed by atoms with Gasteiger partial charge in [-0.25, -0.2) is 8.42 Å². The topological polar surface area (TPSA) is 86.8 Å². The minimum atomic E-state index is -4.16. The van der Waals surface area contributed by atoms with Crippen LogP contribution in [0.3, 0.4) is 0 Å². The molecule has 1 N–H and O–H groups in total. The van der Waals surface area contributed by atoms with Gasteiger partial charge in [-0.2, -0.15) is 0 Å². The Morgan fingerprint density at radius 2 is 1.49 bits per heavy atom. The summed E-state index contributed by atoms with van der Waals surface area (Å²) in [6.45, 7) is 7.26. The van der Waals surface area contributed by atoms with Gasteiger partial charge >= 0.3 is 0 Å². The lowest BCUT2D eigenvalue weighted by Crippen LogP contribution is -2.51. The van der Waals surface area contributed by atoms with Gasteiger partial charge in [0.15, 0.2) is 0 Å². The lowest BCUT2D eigenvalue weighted by Gasteiger charge is -2.32. The molecule has 1 atom stereocenters. The summed E-state index contributed by atoms with van der Waals surface area (Å²) in [4.78, 5) is 28.0. The molecule has 0 saturated carbocycles. The number of carbonyl (C=O) groups excluding carboxylic acids is 2. The second-order valence-electron chi connectivity index (χ2n) is 8.85. The molecule has 3 rings (SSSR count). The Hall–Kier alpha value is -3.36. The smallest absolute Gasteiger partial charge is 0.264 e. The molecule has 7 nitrogen and oxygen atoms in total. The minimum Gasteiger partial charge on any atom is -0.355 e. The van der Waals surface area contributed by atoms with Gasteiger partial charge in [0.05, 0.1) is 15.6 Å². The molecule has 0 aliphatic heterocycles. The fraction of sp³-hybridized carbons (Fsp3) is 0.286. The number of rotatable bonds is 10. The molecular formula is C28H32ClN3O4S. The van der Waals surface area contributed by atoms with Crippen molar-refractivity contribution in [3.8, 4) is 0 Å². The van der Waals surface area contributed by atoms with Crippen LogP contribution in [0.5, 0.6) is 0 Å². The van der Waals surface area contributed by atoms with E-state index in [2.05, 4.69) is 5.32 Å². The van der Waals surface area contributed by atoms with E-state index in [9.17, 15) is 18.0 Å². The average Bonchev–Trinajstić information content (AvgIpc) is 2.87. The lowest BCUT2D eigenvalue weighted by atomic mass is 10.1. The van der Waals surface area contributed by atoms with Crippen molar-refractivity contribution in [2.75, 3.05) is 17.4 Å². The number of aryl methyl sites for hydroxylation is 2. The summed E-state index contributed by atoms with van der Waals surface area (Å²) in [5.41, 5.74) is 2.96. The van der Waals surface area contributed by atoms with Crippen LogP contribution in [-0.2, 0) is 26.2 Å². The molecule has 37 heavy (non-hydrogen) atoms. The van der Waals surface area contributed by atoms with Crippen molar-refractivity contribution in [1.29, 1.82) is 0 Å². The Labute approximate surface area is 224 Å². The molecule has 0 aliphatic rings. The summed E-state index contributed by atoms with van der Waals surface area (Å²) in [5, 5.41) is 2.93. The van der Waals surface area contributed by atoms with Crippen LogP contribution in [-0.4, -0.2) is 44.3 Å². The van der Waals surface area contributed by atoms with Crippen LogP contribution < -0.4 is 9.62 Å². The fourth-order valence-electron chi connectivity index (χ4n) is 3.80. The van der Waals surface area contributed by atoms with Crippen LogP contribution in [0.4, 0.5) is 5.69 Å². The normalized spacial score (nSPS) is 12.0. The van der Waals surface area contributed by atoms with Crippen LogP contribution in [0.25, 0.3) is 0 Å². The predicted molar refractivity (Wildman–Crippen MR) is 147 cm³/mol. The number of nitrogens with one attached hydrogen (secondary N) is 1. The number of hydrogen-bond acceptors (Lipinski definition) is 4. The monoisotopic (exact) mass is 541 g/mol. The van der Waals surface area contributed by atoms with Crippen molar-refractivity contribution < 1.29 is 18.0 Å². The second-order valence-corrected chi connectivity index (χ2v) is 11.1. The Morgan fingerprint density at radius 3 is 2.05 bits per heavy atom. The summed E-state index contributed by atoms with van der Waals surface area (Å²) in [6.07, 6.45) is 0. The lowest BCUT2D eigenvalue weighted by molar-refractivity contribution is -0.139. The minimum absolute atomic E-state index is 0.0349. The third-order valence-corrected chi connectivity index (χ3v) is 8.09. The number of sulfonamides is 1. The van der Waals surface area contributed by atoms with Crippen LogP contribution in [0, 0.1) is 13.8 Å². The molecule has 9 heteroatoms. The summed E-state index contributed by atoms with van der Waals surface area (Å²) in [5.74, 6) is -0.858. The zero-order valence-corrected chi connectivity index (χ0v) is 23.0. The van der Waals surface area contributed by atoms with E-state index in [0.717, 1.165) is 21.0 Å². The van der Waals surface area contributed by atoms with E-state index in [0.29, 0.717) is 6.54 Å². The number of halogens is 1. The van der Waals surface area contributed by atoms with E-state index in [1.807, 2.05) is 38.1 Å². The number of anilines is 1. The van der Waals surface area contributed by atoms with Crippen molar-refractivity contribution >= 4 is 39.1 Å². The van der Waals surface area contributed by atoms with Crippen LogP contribution in [0.15, 0.2) is 77.7 Å². The van der Waals surface area contributed by atoms with Crippen molar-refractivity contribution in [2.45, 2.75) is 45.2 Å². The first-order valence-corrected chi connectivity index (χ1v) is 13.8. The Kier molecular flexibility index (Phi) is 9.34. The summed E-state index contributed by atoms with van der Waals surface area (Å²) in [6, 6.07) is 19.6. The molecule has 0 unspecified atom stereocenters. The van der Waals surface area contributed by atoms with Crippen molar-refractivity contribution in [1.82, 2.24) is 10.2 Å². The number of amides is 2. The molecule has 0 spiro atoms. The Morgan fingerprint density at radius 1 is 0.919 bits per heavy atom. The predicted octanol–water partition coefficient (Wildman–Crippen LogP) is 4.71. The Balaban J connectivity index is 2.03. The highest BCUT2D eigenvalue weighted by molar-refractivity contribution is 7.92.